The predicted octanol–water partition coefficient (Wildman–Crippen LogP) is 3.79. The molecule has 0 aliphatic heterocycles. The summed E-state index contributed by atoms with van der Waals surface area (Å²) in [5.41, 5.74) is 0.518. The summed E-state index contributed by atoms with van der Waals surface area (Å²) in [6.45, 7) is 1.50. The van der Waals surface area contributed by atoms with Crippen LogP contribution in [0.25, 0.3) is 0 Å². The van der Waals surface area contributed by atoms with Crippen molar-refractivity contribution in [2.24, 2.45) is 0 Å². The van der Waals surface area contributed by atoms with Gasteiger partial charge in [-0.05, 0) is 18.6 Å². The molecule has 0 saturated carbocycles. The average Bonchev–Trinajstić information content (AvgIpc) is 2.49. The van der Waals surface area contributed by atoms with Gasteiger partial charge in [-0.15, -0.1) is 0 Å². The lowest BCUT2D eigenvalue weighted by Crippen LogP contribution is -2.15. The largest absolute Gasteiger partial charge is 0.444 e. The van der Waals surface area contributed by atoms with Gasteiger partial charge in [-0.3, -0.25) is 15.4 Å². The first kappa shape index (κ1) is 15.4. The molecule has 2 aromatic carbocycles. The summed E-state index contributed by atoms with van der Waals surface area (Å²) in [6.07, 6.45) is -0.837. The number of aryl methyl sites for hydroxylation is 1. The van der Waals surface area contributed by atoms with Crippen LogP contribution in [-0.2, 0) is 11.3 Å². The second-order valence-corrected chi connectivity index (χ2v) is 4.56. The van der Waals surface area contributed by atoms with Crippen molar-refractivity contribution in [1.29, 1.82) is 0 Å². The number of halogens is 1. The molecule has 7 heteroatoms. The van der Waals surface area contributed by atoms with Crippen LogP contribution in [0.1, 0.15) is 11.1 Å². The van der Waals surface area contributed by atoms with E-state index in [9.17, 15) is 19.3 Å². The molecule has 1 amide bonds. The minimum atomic E-state index is -0.894. The molecule has 0 aromatic heterocycles. The molecule has 0 aliphatic carbocycles. The highest BCUT2D eigenvalue weighted by Gasteiger charge is 2.17. The standard InChI is InChI=1S/C15H13FN2O4/c1-10-7-13(12(16)8-14(10)18(20)21)17-15(19)22-9-11-5-3-2-4-6-11/h2-8H,9H2,1H3,(H,17,19). The van der Waals surface area contributed by atoms with E-state index in [0.29, 0.717) is 0 Å². The Hall–Kier alpha value is -2.96. The van der Waals surface area contributed by atoms with Gasteiger partial charge >= 0.3 is 6.09 Å². The summed E-state index contributed by atoms with van der Waals surface area (Å²) in [4.78, 5) is 21.6. The maximum absolute atomic E-state index is 13.7. The van der Waals surface area contributed by atoms with E-state index in [-0.39, 0.29) is 23.5 Å². The third-order valence-corrected chi connectivity index (χ3v) is 2.93. The normalized spacial score (nSPS) is 10.1. The van der Waals surface area contributed by atoms with E-state index in [4.69, 9.17) is 4.74 Å². The van der Waals surface area contributed by atoms with Crippen molar-refractivity contribution in [1.82, 2.24) is 0 Å². The van der Waals surface area contributed by atoms with Gasteiger partial charge in [-0.25, -0.2) is 9.18 Å². The van der Waals surface area contributed by atoms with Crippen LogP contribution < -0.4 is 5.32 Å². The van der Waals surface area contributed by atoms with Crippen LogP contribution in [0.4, 0.5) is 20.6 Å². The highest BCUT2D eigenvalue weighted by atomic mass is 19.1. The fourth-order valence-electron chi connectivity index (χ4n) is 1.83. The van der Waals surface area contributed by atoms with Crippen molar-refractivity contribution in [3.8, 4) is 0 Å². The Bertz CT molecular complexity index is 704. The Labute approximate surface area is 125 Å². The number of hydrogen-bond donors (Lipinski definition) is 1. The molecule has 0 spiro atoms. The average molecular weight is 304 g/mol. The summed E-state index contributed by atoms with van der Waals surface area (Å²) >= 11 is 0. The molecule has 0 radical (unpaired) electrons. The van der Waals surface area contributed by atoms with Gasteiger partial charge in [-0.2, -0.15) is 0 Å². The van der Waals surface area contributed by atoms with Crippen LogP contribution in [0.3, 0.4) is 0 Å². The number of anilines is 1. The quantitative estimate of drug-likeness (QED) is 0.688. The lowest BCUT2D eigenvalue weighted by Gasteiger charge is -2.09. The third kappa shape index (κ3) is 3.78. The van der Waals surface area contributed by atoms with E-state index >= 15 is 0 Å². The zero-order valence-electron chi connectivity index (χ0n) is 11.7. The molecule has 0 unspecified atom stereocenters. The van der Waals surface area contributed by atoms with Gasteiger partial charge < -0.3 is 4.74 Å². The van der Waals surface area contributed by atoms with E-state index in [1.165, 1.54) is 13.0 Å². The lowest BCUT2D eigenvalue weighted by atomic mass is 10.1. The number of nitrogens with one attached hydrogen (secondary N) is 1. The Kier molecular flexibility index (Phi) is 4.67. The Balaban J connectivity index is 2.02. The van der Waals surface area contributed by atoms with Crippen molar-refractivity contribution in [3.63, 3.8) is 0 Å². The predicted molar refractivity (Wildman–Crippen MR) is 78.0 cm³/mol. The van der Waals surface area contributed by atoms with Crippen LogP contribution in [0.2, 0.25) is 0 Å². The van der Waals surface area contributed by atoms with Crippen LogP contribution in [0.15, 0.2) is 42.5 Å². The maximum atomic E-state index is 13.7. The van der Waals surface area contributed by atoms with Crippen LogP contribution in [-0.4, -0.2) is 11.0 Å². The Morgan fingerprint density at radius 2 is 2.00 bits per heavy atom. The van der Waals surface area contributed by atoms with Gasteiger partial charge in [0.2, 0.25) is 0 Å². The maximum Gasteiger partial charge on any atom is 0.412 e. The van der Waals surface area contributed by atoms with Gasteiger partial charge in [0.05, 0.1) is 16.7 Å². The van der Waals surface area contributed by atoms with Crippen molar-refractivity contribution in [2.75, 3.05) is 5.32 Å². The van der Waals surface area contributed by atoms with E-state index in [1.54, 1.807) is 24.3 Å². The van der Waals surface area contributed by atoms with Gasteiger partial charge in [0.15, 0.2) is 5.82 Å². The molecule has 0 bridgehead atoms. The van der Waals surface area contributed by atoms with Crippen molar-refractivity contribution < 1.29 is 18.8 Å². The van der Waals surface area contributed by atoms with Gasteiger partial charge in [0.25, 0.3) is 5.69 Å². The number of hydrogen-bond acceptors (Lipinski definition) is 4. The Morgan fingerprint density at radius 1 is 1.32 bits per heavy atom. The molecule has 2 rings (SSSR count). The number of carbonyl (C=O) groups excluding carboxylic acids is 1. The molecule has 0 atom stereocenters. The molecular formula is C15H13FN2O4. The minimum absolute atomic E-state index is 0.0419. The van der Waals surface area contributed by atoms with E-state index in [1.807, 2.05) is 6.07 Å². The SMILES string of the molecule is Cc1cc(NC(=O)OCc2ccccc2)c(F)cc1[N+](=O)[O-]. The number of nitro benzene ring substituents is 1. The van der Waals surface area contributed by atoms with Crippen LogP contribution in [0.5, 0.6) is 0 Å². The summed E-state index contributed by atoms with van der Waals surface area (Å²) in [5, 5.41) is 12.9. The number of benzene rings is 2. The molecule has 2 aromatic rings. The zero-order valence-corrected chi connectivity index (χ0v) is 11.7. The topological polar surface area (TPSA) is 81.5 Å². The highest BCUT2D eigenvalue weighted by Crippen LogP contribution is 2.25. The summed E-state index contributed by atoms with van der Waals surface area (Å²) < 4.78 is 18.7. The lowest BCUT2D eigenvalue weighted by molar-refractivity contribution is -0.385. The fourth-order valence-corrected chi connectivity index (χ4v) is 1.83. The molecule has 0 fully saturated rings. The second-order valence-electron chi connectivity index (χ2n) is 4.56. The summed E-state index contributed by atoms with van der Waals surface area (Å²) in [7, 11) is 0. The van der Waals surface area contributed by atoms with E-state index in [2.05, 4.69) is 5.32 Å². The zero-order chi connectivity index (χ0) is 16.1. The number of rotatable bonds is 4. The summed E-state index contributed by atoms with van der Waals surface area (Å²) in [5.74, 6) is -0.894. The van der Waals surface area contributed by atoms with Crippen LogP contribution in [0, 0.1) is 22.9 Å². The van der Waals surface area contributed by atoms with E-state index in [0.717, 1.165) is 11.6 Å². The van der Waals surface area contributed by atoms with Gasteiger partial charge in [0.1, 0.15) is 6.61 Å². The first-order valence-corrected chi connectivity index (χ1v) is 6.39. The molecule has 6 nitrogen and oxygen atoms in total. The molecule has 0 heterocycles. The smallest absolute Gasteiger partial charge is 0.412 e. The molecule has 0 saturated heterocycles. The van der Waals surface area contributed by atoms with Crippen molar-refractivity contribution in [2.45, 2.75) is 13.5 Å². The molecular weight excluding hydrogens is 291 g/mol. The monoisotopic (exact) mass is 304 g/mol. The fraction of sp³-hybridized carbons (Fsp3) is 0.133. The summed E-state index contributed by atoms with van der Waals surface area (Å²) in [6, 6.07) is 11.0. The highest BCUT2D eigenvalue weighted by molar-refractivity contribution is 5.85. The van der Waals surface area contributed by atoms with Crippen LogP contribution >= 0.6 is 0 Å². The number of ether oxygens (including phenoxy) is 1. The third-order valence-electron chi connectivity index (χ3n) is 2.93. The molecule has 0 aliphatic rings. The van der Waals surface area contributed by atoms with E-state index < -0.39 is 16.8 Å². The van der Waals surface area contributed by atoms with Crippen molar-refractivity contribution >= 4 is 17.5 Å². The number of nitrogens with zero attached hydrogens (tertiary/aromatic N) is 1. The second kappa shape index (κ2) is 6.66. The number of amides is 1. The molecule has 1 N–H and O–H groups in total. The minimum Gasteiger partial charge on any atom is -0.444 e. The van der Waals surface area contributed by atoms with Gasteiger partial charge in [0, 0.05) is 5.56 Å². The van der Waals surface area contributed by atoms with Gasteiger partial charge in [-0.1, -0.05) is 30.3 Å². The molecule has 22 heavy (non-hydrogen) atoms. The molecule has 114 valence electrons. The van der Waals surface area contributed by atoms with Crippen molar-refractivity contribution in [3.05, 3.63) is 69.5 Å². The number of nitro groups is 1. The Morgan fingerprint density at radius 3 is 2.64 bits per heavy atom. The first-order valence-electron chi connectivity index (χ1n) is 6.39. The first-order chi connectivity index (χ1) is 10.5. The number of carbonyl (C=O) groups is 1.